The molecule has 0 radical (unpaired) electrons. The molecule has 0 unspecified atom stereocenters. The van der Waals surface area contributed by atoms with Gasteiger partial charge in [0.15, 0.2) is 0 Å². The molecule has 0 saturated carbocycles. The monoisotopic (exact) mass is 250 g/mol. The molecule has 0 aromatic heterocycles. The molecule has 5 heteroatoms. The zero-order chi connectivity index (χ0) is 12.4. The molecule has 0 saturated heterocycles. The van der Waals surface area contributed by atoms with Crippen LogP contribution < -0.4 is 10.2 Å². The number of fused-ring (bicyclic) bond motifs is 1. The summed E-state index contributed by atoms with van der Waals surface area (Å²) >= 11 is 1.48. The van der Waals surface area contributed by atoms with Gasteiger partial charge in [-0.2, -0.15) is 0 Å². The molecule has 0 atom stereocenters. The van der Waals surface area contributed by atoms with E-state index in [1.54, 1.807) is 0 Å². The summed E-state index contributed by atoms with van der Waals surface area (Å²) < 4.78 is 0. The summed E-state index contributed by atoms with van der Waals surface area (Å²) in [5.74, 6) is -0.0347. The quantitative estimate of drug-likeness (QED) is 0.861. The van der Waals surface area contributed by atoms with Crippen LogP contribution in [0.5, 0.6) is 0 Å². The van der Waals surface area contributed by atoms with Crippen LogP contribution in [0.2, 0.25) is 0 Å². The van der Waals surface area contributed by atoms with Crippen LogP contribution in [0.1, 0.15) is 12.5 Å². The van der Waals surface area contributed by atoms with Crippen LogP contribution in [0.3, 0.4) is 0 Å². The number of nitrogens with zero attached hydrogens (tertiary/aromatic N) is 1. The van der Waals surface area contributed by atoms with Crippen molar-refractivity contribution in [3.63, 3.8) is 0 Å². The summed E-state index contributed by atoms with van der Waals surface area (Å²) in [6.45, 7) is 2.14. The zero-order valence-electron chi connectivity index (χ0n) is 9.82. The average Bonchev–Trinajstić information content (AvgIpc) is 2.28. The van der Waals surface area contributed by atoms with Crippen molar-refractivity contribution in [1.29, 1.82) is 0 Å². The molecule has 2 rings (SSSR count). The Kier molecular flexibility index (Phi) is 3.49. The first-order chi connectivity index (χ1) is 8.13. The first-order valence-corrected chi connectivity index (χ1v) is 6.36. The minimum Gasteiger partial charge on any atom is -0.316 e. The van der Waals surface area contributed by atoms with Crippen LogP contribution in [0.4, 0.5) is 5.69 Å². The third-order valence-corrected chi connectivity index (χ3v) is 3.61. The molecule has 1 aliphatic rings. The van der Waals surface area contributed by atoms with Gasteiger partial charge >= 0.3 is 0 Å². The fraction of sp³-hybridized carbons (Fsp3) is 0.333. The summed E-state index contributed by atoms with van der Waals surface area (Å²) in [7, 11) is 1.86. The molecule has 1 heterocycles. The summed E-state index contributed by atoms with van der Waals surface area (Å²) in [5.41, 5.74) is 1.78. The summed E-state index contributed by atoms with van der Waals surface area (Å²) in [4.78, 5) is 25.5. The van der Waals surface area contributed by atoms with E-state index in [-0.39, 0.29) is 11.8 Å². The lowest BCUT2D eigenvalue weighted by atomic mass is 10.1. The van der Waals surface area contributed by atoms with Crippen molar-refractivity contribution in [2.45, 2.75) is 18.4 Å². The van der Waals surface area contributed by atoms with Crippen molar-refractivity contribution in [2.75, 3.05) is 17.7 Å². The van der Waals surface area contributed by atoms with E-state index in [4.69, 9.17) is 0 Å². The molecule has 0 aliphatic carbocycles. The first kappa shape index (κ1) is 12.1. The van der Waals surface area contributed by atoms with E-state index in [1.165, 1.54) is 23.6 Å². The highest BCUT2D eigenvalue weighted by Crippen LogP contribution is 2.36. The van der Waals surface area contributed by atoms with Crippen molar-refractivity contribution in [2.24, 2.45) is 0 Å². The number of hydrogen-bond donors (Lipinski definition) is 1. The number of hydrogen-bond acceptors (Lipinski definition) is 4. The highest BCUT2D eigenvalue weighted by Gasteiger charge is 2.27. The van der Waals surface area contributed by atoms with E-state index >= 15 is 0 Å². The Morgan fingerprint density at radius 2 is 2.29 bits per heavy atom. The van der Waals surface area contributed by atoms with Crippen LogP contribution in [-0.4, -0.2) is 24.6 Å². The molecule has 4 nitrogen and oxygen atoms in total. The number of thioether (sulfide) groups is 1. The number of anilines is 1. The van der Waals surface area contributed by atoms with Gasteiger partial charge in [0.25, 0.3) is 0 Å². The maximum Gasteiger partial charge on any atom is 0.244 e. The maximum absolute atomic E-state index is 11.7. The van der Waals surface area contributed by atoms with Crippen molar-refractivity contribution in [3.8, 4) is 0 Å². The smallest absolute Gasteiger partial charge is 0.244 e. The van der Waals surface area contributed by atoms with E-state index in [0.717, 1.165) is 17.0 Å². The first-order valence-electron chi connectivity index (χ1n) is 5.37. The number of nitrogens with one attached hydrogen (secondary N) is 1. The second-order valence-corrected chi connectivity index (χ2v) is 4.89. The molecule has 1 aliphatic heterocycles. The summed E-state index contributed by atoms with van der Waals surface area (Å²) in [5, 5.41) is 3.05. The van der Waals surface area contributed by atoms with Gasteiger partial charge in [0.1, 0.15) is 0 Å². The second kappa shape index (κ2) is 4.89. The number of carbonyl (C=O) groups is 2. The predicted octanol–water partition coefficient (Wildman–Crippen LogP) is 1.39. The molecule has 1 aromatic carbocycles. The minimum atomic E-state index is -0.224. The van der Waals surface area contributed by atoms with Gasteiger partial charge in [0.2, 0.25) is 11.8 Å². The van der Waals surface area contributed by atoms with Gasteiger partial charge in [-0.05, 0) is 24.7 Å². The van der Waals surface area contributed by atoms with Crippen molar-refractivity contribution < 1.29 is 9.59 Å². The van der Waals surface area contributed by atoms with Crippen LogP contribution in [0.15, 0.2) is 23.1 Å². The van der Waals surface area contributed by atoms with Crippen LogP contribution in [0.25, 0.3) is 0 Å². The highest BCUT2D eigenvalue weighted by atomic mass is 32.2. The van der Waals surface area contributed by atoms with Crippen LogP contribution >= 0.6 is 11.8 Å². The van der Waals surface area contributed by atoms with Crippen LogP contribution in [0, 0.1) is 0 Å². The number of benzene rings is 1. The lowest BCUT2D eigenvalue weighted by molar-refractivity contribution is -0.124. The fourth-order valence-corrected chi connectivity index (χ4v) is 2.73. The molecular weight excluding hydrogens is 236 g/mol. The Hall–Kier alpha value is -1.33. The second-order valence-electron chi connectivity index (χ2n) is 3.87. The van der Waals surface area contributed by atoms with E-state index in [1.807, 2.05) is 25.2 Å². The molecule has 0 bridgehead atoms. The Morgan fingerprint density at radius 3 is 2.94 bits per heavy atom. The third kappa shape index (κ3) is 2.35. The molecule has 90 valence electrons. The van der Waals surface area contributed by atoms with Gasteiger partial charge in [-0.3, -0.25) is 9.59 Å². The van der Waals surface area contributed by atoms with E-state index in [0.29, 0.717) is 11.4 Å². The Labute approximate surface area is 104 Å². The van der Waals surface area contributed by atoms with E-state index in [2.05, 4.69) is 5.32 Å². The highest BCUT2D eigenvalue weighted by molar-refractivity contribution is 8.00. The van der Waals surface area contributed by atoms with Crippen molar-refractivity contribution >= 4 is 29.3 Å². The Morgan fingerprint density at radius 1 is 1.53 bits per heavy atom. The predicted molar refractivity (Wildman–Crippen MR) is 68.1 cm³/mol. The molecule has 1 N–H and O–H groups in total. The minimum absolute atomic E-state index is 0.142. The third-order valence-electron chi connectivity index (χ3n) is 2.56. The van der Waals surface area contributed by atoms with E-state index < -0.39 is 0 Å². The molecule has 2 amide bonds. The lowest BCUT2D eigenvalue weighted by Crippen LogP contribution is -2.39. The number of imide groups is 1. The number of amides is 2. The SMILES string of the molecule is CNCc1ccc2c(c1)N(C(C)=O)C(=O)CS2. The standard InChI is InChI=1S/C12H14N2O2S/c1-8(15)14-10-5-9(6-13-2)3-4-11(10)17-7-12(14)16/h3-5,13H,6-7H2,1-2H3. The fourth-order valence-electron chi connectivity index (χ4n) is 1.86. The van der Waals surface area contributed by atoms with Gasteiger partial charge in [-0.1, -0.05) is 6.07 Å². The molecule has 0 spiro atoms. The van der Waals surface area contributed by atoms with Gasteiger partial charge in [-0.25, -0.2) is 4.90 Å². The Bertz CT molecular complexity index is 474. The van der Waals surface area contributed by atoms with Crippen LogP contribution in [-0.2, 0) is 16.1 Å². The Balaban J connectivity index is 2.45. The summed E-state index contributed by atoms with van der Waals surface area (Å²) in [6, 6.07) is 5.88. The zero-order valence-corrected chi connectivity index (χ0v) is 10.6. The summed E-state index contributed by atoms with van der Waals surface area (Å²) in [6.07, 6.45) is 0. The molecule has 0 fully saturated rings. The maximum atomic E-state index is 11.7. The van der Waals surface area contributed by atoms with Gasteiger partial charge in [0, 0.05) is 18.4 Å². The number of carbonyl (C=O) groups excluding carboxylic acids is 2. The van der Waals surface area contributed by atoms with Crippen molar-refractivity contribution in [3.05, 3.63) is 23.8 Å². The molecule has 1 aromatic rings. The van der Waals surface area contributed by atoms with E-state index in [9.17, 15) is 9.59 Å². The molecular formula is C12H14N2O2S. The molecule has 17 heavy (non-hydrogen) atoms. The largest absolute Gasteiger partial charge is 0.316 e. The number of rotatable bonds is 2. The van der Waals surface area contributed by atoms with Crippen molar-refractivity contribution in [1.82, 2.24) is 5.32 Å². The normalized spacial score (nSPS) is 14.7. The van der Waals surface area contributed by atoms with Gasteiger partial charge in [0.05, 0.1) is 11.4 Å². The average molecular weight is 250 g/mol. The van der Waals surface area contributed by atoms with Gasteiger partial charge in [-0.15, -0.1) is 11.8 Å². The van der Waals surface area contributed by atoms with Gasteiger partial charge < -0.3 is 5.32 Å². The lowest BCUT2D eigenvalue weighted by Gasteiger charge is -2.26. The topological polar surface area (TPSA) is 49.4 Å².